The third-order valence-electron chi connectivity index (χ3n) is 2.57. The maximum Gasteiger partial charge on any atom is 0.0982 e. The SMILES string of the molecule is Cn1ccc(CNCc2csc(C(C)(C)C)n2)n1. The van der Waals surface area contributed by atoms with Crippen LogP contribution in [0.1, 0.15) is 37.2 Å². The van der Waals surface area contributed by atoms with Gasteiger partial charge >= 0.3 is 0 Å². The van der Waals surface area contributed by atoms with Gasteiger partial charge in [-0.25, -0.2) is 4.98 Å². The number of aromatic nitrogens is 3. The van der Waals surface area contributed by atoms with Crippen LogP contribution in [-0.2, 0) is 25.6 Å². The van der Waals surface area contributed by atoms with Gasteiger partial charge in [0.1, 0.15) is 0 Å². The Morgan fingerprint density at radius 3 is 2.56 bits per heavy atom. The minimum Gasteiger partial charge on any atom is -0.305 e. The van der Waals surface area contributed by atoms with Gasteiger partial charge in [0.05, 0.1) is 16.4 Å². The fourth-order valence-corrected chi connectivity index (χ4v) is 2.52. The first-order chi connectivity index (χ1) is 8.45. The number of nitrogens with zero attached hydrogens (tertiary/aromatic N) is 3. The lowest BCUT2D eigenvalue weighted by Crippen LogP contribution is -2.15. The predicted octanol–water partition coefficient (Wildman–Crippen LogP) is 2.46. The van der Waals surface area contributed by atoms with Crippen molar-refractivity contribution < 1.29 is 0 Å². The third-order valence-corrected chi connectivity index (χ3v) is 3.89. The van der Waals surface area contributed by atoms with E-state index < -0.39 is 0 Å². The Labute approximate surface area is 112 Å². The Kier molecular flexibility index (Phi) is 3.82. The molecule has 98 valence electrons. The summed E-state index contributed by atoms with van der Waals surface area (Å²) in [4.78, 5) is 4.65. The molecule has 0 aliphatic rings. The molecule has 0 saturated heterocycles. The molecule has 2 heterocycles. The first-order valence-corrected chi connectivity index (χ1v) is 6.97. The second-order valence-corrected chi connectivity index (χ2v) is 6.34. The van der Waals surface area contributed by atoms with Crippen LogP contribution in [0.25, 0.3) is 0 Å². The summed E-state index contributed by atoms with van der Waals surface area (Å²) in [5.74, 6) is 0. The maximum absolute atomic E-state index is 4.65. The molecule has 0 saturated carbocycles. The highest BCUT2D eigenvalue weighted by atomic mass is 32.1. The molecule has 0 atom stereocenters. The minimum absolute atomic E-state index is 0.143. The van der Waals surface area contributed by atoms with E-state index in [0.29, 0.717) is 0 Å². The minimum atomic E-state index is 0.143. The monoisotopic (exact) mass is 264 g/mol. The van der Waals surface area contributed by atoms with Gasteiger partial charge in [-0.1, -0.05) is 20.8 Å². The van der Waals surface area contributed by atoms with Crippen molar-refractivity contribution >= 4 is 11.3 Å². The van der Waals surface area contributed by atoms with Crippen LogP contribution < -0.4 is 5.32 Å². The van der Waals surface area contributed by atoms with Crippen LogP contribution in [0.4, 0.5) is 0 Å². The zero-order valence-electron chi connectivity index (χ0n) is 11.4. The van der Waals surface area contributed by atoms with E-state index in [-0.39, 0.29) is 5.41 Å². The molecule has 2 aromatic heterocycles. The van der Waals surface area contributed by atoms with E-state index in [1.54, 1.807) is 11.3 Å². The second-order valence-electron chi connectivity index (χ2n) is 5.48. The van der Waals surface area contributed by atoms with Crippen LogP contribution in [0.15, 0.2) is 17.6 Å². The first kappa shape index (κ1) is 13.2. The number of thiazole rings is 1. The standard InChI is InChI=1S/C13H20N4S/c1-13(2,3)12-15-11(9-18-12)8-14-7-10-5-6-17(4)16-10/h5-6,9,14H,7-8H2,1-4H3. The average Bonchev–Trinajstić information content (AvgIpc) is 2.87. The topological polar surface area (TPSA) is 42.7 Å². The number of aryl methyl sites for hydroxylation is 1. The number of hydrogen-bond donors (Lipinski definition) is 1. The van der Waals surface area contributed by atoms with Gasteiger partial charge in [0.15, 0.2) is 0 Å². The molecule has 18 heavy (non-hydrogen) atoms. The lowest BCUT2D eigenvalue weighted by atomic mass is 9.98. The normalized spacial score (nSPS) is 12.0. The summed E-state index contributed by atoms with van der Waals surface area (Å²) < 4.78 is 1.82. The van der Waals surface area contributed by atoms with Gasteiger partial charge in [-0.15, -0.1) is 11.3 Å². The first-order valence-electron chi connectivity index (χ1n) is 6.09. The van der Waals surface area contributed by atoms with Crippen LogP contribution in [-0.4, -0.2) is 14.8 Å². The molecule has 0 unspecified atom stereocenters. The maximum atomic E-state index is 4.65. The van der Waals surface area contributed by atoms with E-state index in [1.807, 2.05) is 24.0 Å². The Hall–Kier alpha value is -1.20. The second kappa shape index (κ2) is 5.20. The molecule has 0 aliphatic carbocycles. The van der Waals surface area contributed by atoms with Crippen molar-refractivity contribution in [2.45, 2.75) is 39.3 Å². The molecule has 0 aliphatic heterocycles. The molecule has 0 aromatic carbocycles. The summed E-state index contributed by atoms with van der Waals surface area (Å²) >= 11 is 1.74. The number of hydrogen-bond acceptors (Lipinski definition) is 4. The highest BCUT2D eigenvalue weighted by molar-refractivity contribution is 7.09. The largest absolute Gasteiger partial charge is 0.305 e. The van der Waals surface area contributed by atoms with Gasteiger partial charge in [0.25, 0.3) is 0 Å². The Morgan fingerprint density at radius 1 is 1.28 bits per heavy atom. The van der Waals surface area contributed by atoms with Crippen LogP contribution in [0.2, 0.25) is 0 Å². The van der Waals surface area contributed by atoms with Crippen molar-refractivity contribution in [3.63, 3.8) is 0 Å². The van der Waals surface area contributed by atoms with Gasteiger partial charge in [-0.2, -0.15) is 5.10 Å². The van der Waals surface area contributed by atoms with Crippen LogP contribution >= 0.6 is 11.3 Å². The van der Waals surface area contributed by atoms with E-state index in [0.717, 1.165) is 24.5 Å². The predicted molar refractivity (Wildman–Crippen MR) is 74.6 cm³/mol. The fraction of sp³-hybridized carbons (Fsp3) is 0.538. The van der Waals surface area contributed by atoms with Crippen molar-refractivity contribution in [1.82, 2.24) is 20.1 Å². The van der Waals surface area contributed by atoms with Crippen molar-refractivity contribution in [2.75, 3.05) is 0 Å². The molecular formula is C13H20N4S. The smallest absolute Gasteiger partial charge is 0.0982 e. The van der Waals surface area contributed by atoms with Crippen molar-refractivity contribution in [3.8, 4) is 0 Å². The fourth-order valence-electron chi connectivity index (χ4n) is 1.61. The zero-order valence-corrected chi connectivity index (χ0v) is 12.2. The molecule has 4 nitrogen and oxygen atoms in total. The zero-order chi connectivity index (χ0) is 13.2. The van der Waals surface area contributed by atoms with E-state index in [2.05, 4.69) is 41.6 Å². The van der Waals surface area contributed by atoms with Gasteiger partial charge in [0.2, 0.25) is 0 Å². The lowest BCUT2D eigenvalue weighted by molar-refractivity contribution is 0.578. The summed E-state index contributed by atoms with van der Waals surface area (Å²) in [5, 5.41) is 11.0. The van der Waals surface area contributed by atoms with E-state index >= 15 is 0 Å². The summed E-state index contributed by atoms with van der Waals surface area (Å²) in [6.45, 7) is 8.15. The van der Waals surface area contributed by atoms with Gasteiger partial charge in [0, 0.05) is 37.1 Å². The third kappa shape index (κ3) is 3.40. The highest BCUT2D eigenvalue weighted by Crippen LogP contribution is 2.25. The summed E-state index contributed by atoms with van der Waals surface area (Å²) in [6, 6.07) is 2.02. The Balaban J connectivity index is 1.85. The molecule has 0 radical (unpaired) electrons. The summed E-state index contributed by atoms with van der Waals surface area (Å²) in [7, 11) is 1.93. The highest BCUT2D eigenvalue weighted by Gasteiger charge is 2.17. The summed E-state index contributed by atoms with van der Waals surface area (Å²) in [5.41, 5.74) is 2.31. The van der Waals surface area contributed by atoms with Gasteiger partial charge in [-0.05, 0) is 6.07 Å². The van der Waals surface area contributed by atoms with Crippen LogP contribution in [0, 0.1) is 0 Å². The quantitative estimate of drug-likeness (QED) is 0.922. The molecule has 5 heteroatoms. The van der Waals surface area contributed by atoms with Crippen molar-refractivity contribution in [3.05, 3.63) is 34.0 Å². The molecular weight excluding hydrogens is 244 g/mol. The van der Waals surface area contributed by atoms with Crippen molar-refractivity contribution in [1.29, 1.82) is 0 Å². The van der Waals surface area contributed by atoms with Gasteiger partial charge < -0.3 is 5.32 Å². The molecule has 0 fully saturated rings. The molecule has 0 spiro atoms. The number of rotatable bonds is 4. The average molecular weight is 264 g/mol. The molecule has 0 bridgehead atoms. The Bertz CT molecular complexity index is 507. The summed E-state index contributed by atoms with van der Waals surface area (Å²) in [6.07, 6.45) is 1.96. The van der Waals surface area contributed by atoms with Crippen molar-refractivity contribution in [2.24, 2.45) is 7.05 Å². The van der Waals surface area contributed by atoms with E-state index in [1.165, 1.54) is 5.01 Å². The Morgan fingerprint density at radius 2 is 2.00 bits per heavy atom. The molecule has 2 rings (SSSR count). The van der Waals surface area contributed by atoms with Gasteiger partial charge in [-0.3, -0.25) is 4.68 Å². The molecule has 2 aromatic rings. The molecule has 1 N–H and O–H groups in total. The van der Waals surface area contributed by atoms with Crippen LogP contribution in [0.3, 0.4) is 0 Å². The van der Waals surface area contributed by atoms with E-state index in [4.69, 9.17) is 0 Å². The lowest BCUT2D eigenvalue weighted by Gasteiger charge is -2.13. The van der Waals surface area contributed by atoms with Crippen LogP contribution in [0.5, 0.6) is 0 Å². The van der Waals surface area contributed by atoms with E-state index in [9.17, 15) is 0 Å². The number of nitrogens with one attached hydrogen (secondary N) is 1. The molecule has 0 amide bonds.